The average Bonchev–Trinajstić information content (AvgIpc) is 2.36. The second-order valence-electron chi connectivity index (χ2n) is 3.38. The standard InChI is InChI=1S/C11H15NO6/c1-16-8-6-7(4-5-13)9(12(14)15)11(18-3)10(8)17-2/h6,13H,4-5H2,1-3H3. The first-order valence-corrected chi connectivity index (χ1v) is 5.17. The van der Waals surface area contributed by atoms with Gasteiger partial charge in [-0.25, -0.2) is 0 Å². The molecule has 1 aromatic carbocycles. The number of hydrogen-bond donors (Lipinski definition) is 1. The third-order valence-corrected chi connectivity index (χ3v) is 2.45. The molecule has 0 aliphatic carbocycles. The van der Waals surface area contributed by atoms with E-state index in [9.17, 15) is 10.1 Å². The first-order valence-electron chi connectivity index (χ1n) is 5.17. The number of ether oxygens (including phenoxy) is 3. The number of nitro groups is 1. The topological polar surface area (TPSA) is 91.1 Å². The zero-order valence-corrected chi connectivity index (χ0v) is 10.4. The van der Waals surface area contributed by atoms with Gasteiger partial charge in [0.2, 0.25) is 11.5 Å². The molecule has 0 aliphatic rings. The minimum atomic E-state index is -0.564. The molecule has 7 nitrogen and oxygen atoms in total. The van der Waals surface area contributed by atoms with Gasteiger partial charge in [0, 0.05) is 18.6 Å². The van der Waals surface area contributed by atoms with Crippen LogP contribution in [-0.2, 0) is 6.42 Å². The van der Waals surface area contributed by atoms with Crippen molar-refractivity contribution in [3.05, 3.63) is 21.7 Å². The highest BCUT2D eigenvalue weighted by molar-refractivity contribution is 5.66. The van der Waals surface area contributed by atoms with E-state index in [1.54, 1.807) is 0 Å². The van der Waals surface area contributed by atoms with E-state index in [-0.39, 0.29) is 30.2 Å². The molecule has 0 unspecified atom stereocenters. The number of aliphatic hydroxyl groups excluding tert-OH is 1. The number of nitro benzene ring substituents is 1. The molecule has 0 radical (unpaired) electrons. The molecule has 0 aliphatic heterocycles. The summed E-state index contributed by atoms with van der Waals surface area (Å²) in [6.07, 6.45) is 0.132. The maximum atomic E-state index is 11.1. The van der Waals surface area contributed by atoms with Crippen molar-refractivity contribution in [1.82, 2.24) is 0 Å². The van der Waals surface area contributed by atoms with Gasteiger partial charge in [-0.15, -0.1) is 0 Å². The van der Waals surface area contributed by atoms with Crippen LogP contribution in [0.4, 0.5) is 5.69 Å². The van der Waals surface area contributed by atoms with Crippen LogP contribution < -0.4 is 14.2 Å². The smallest absolute Gasteiger partial charge is 0.318 e. The van der Waals surface area contributed by atoms with E-state index in [0.29, 0.717) is 11.3 Å². The fraction of sp³-hybridized carbons (Fsp3) is 0.455. The summed E-state index contributed by atoms with van der Waals surface area (Å²) in [7, 11) is 4.11. The zero-order valence-electron chi connectivity index (χ0n) is 10.4. The first-order chi connectivity index (χ1) is 8.60. The molecule has 100 valence electrons. The van der Waals surface area contributed by atoms with Gasteiger partial charge in [0.25, 0.3) is 0 Å². The highest BCUT2D eigenvalue weighted by Gasteiger charge is 2.28. The number of methoxy groups -OCH3 is 3. The lowest BCUT2D eigenvalue weighted by Gasteiger charge is -2.14. The molecule has 1 rings (SSSR count). The molecule has 0 fully saturated rings. The SMILES string of the molecule is COc1cc(CCO)c([N+](=O)[O-])c(OC)c1OC. The van der Waals surface area contributed by atoms with Gasteiger partial charge in [-0.1, -0.05) is 0 Å². The van der Waals surface area contributed by atoms with Gasteiger partial charge in [0.1, 0.15) is 0 Å². The van der Waals surface area contributed by atoms with Gasteiger partial charge in [-0.3, -0.25) is 10.1 Å². The Kier molecular flexibility index (Phi) is 4.73. The second kappa shape index (κ2) is 6.06. The molecule has 1 aromatic rings. The van der Waals surface area contributed by atoms with E-state index >= 15 is 0 Å². The average molecular weight is 257 g/mol. The van der Waals surface area contributed by atoms with Crippen LogP contribution in [0.15, 0.2) is 6.07 Å². The number of hydrogen-bond acceptors (Lipinski definition) is 6. The summed E-state index contributed by atoms with van der Waals surface area (Å²) in [6, 6.07) is 1.47. The lowest BCUT2D eigenvalue weighted by atomic mass is 10.1. The molecule has 0 saturated heterocycles. The molecule has 0 heterocycles. The largest absolute Gasteiger partial charge is 0.493 e. The van der Waals surface area contributed by atoms with Crippen LogP contribution in [0.5, 0.6) is 17.2 Å². The maximum absolute atomic E-state index is 11.1. The zero-order chi connectivity index (χ0) is 13.7. The first kappa shape index (κ1) is 14.0. The van der Waals surface area contributed by atoms with Crippen molar-refractivity contribution in [2.45, 2.75) is 6.42 Å². The highest BCUT2D eigenvalue weighted by Crippen LogP contribution is 2.46. The molecule has 7 heteroatoms. The van der Waals surface area contributed by atoms with Crippen LogP contribution in [-0.4, -0.2) is 38.0 Å². The van der Waals surface area contributed by atoms with Crippen molar-refractivity contribution < 1.29 is 24.2 Å². The Bertz CT molecular complexity index is 446. The highest BCUT2D eigenvalue weighted by atomic mass is 16.6. The van der Waals surface area contributed by atoms with Crippen LogP contribution in [0, 0.1) is 10.1 Å². The lowest BCUT2D eigenvalue weighted by Crippen LogP contribution is -2.04. The Morgan fingerprint density at radius 2 is 1.83 bits per heavy atom. The minimum Gasteiger partial charge on any atom is -0.493 e. The molecule has 0 amide bonds. The second-order valence-corrected chi connectivity index (χ2v) is 3.38. The normalized spacial score (nSPS) is 10.0. The van der Waals surface area contributed by atoms with Crippen LogP contribution in [0.1, 0.15) is 5.56 Å². The van der Waals surface area contributed by atoms with Crippen molar-refractivity contribution in [3.63, 3.8) is 0 Å². The van der Waals surface area contributed by atoms with Crippen molar-refractivity contribution in [1.29, 1.82) is 0 Å². The molecule has 0 aromatic heterocycles. The summed E-state index contributed by atoms with van der Waals surface area (Å²) in [5, 5.41) is 20.0. The fourth-order valence-electron chi connectivity index (χ4n) is 1.70. The molecular formula is C11H15NO6. The van der Waals surface area contributed by atoms with E-state index < -0.39 is 4.92 Å². The van der Waals surface area contributed by atoms with Gasteiger partial charge in [0.15, 0.2) is 5.75 Å². The molecular weight excluding hydrogens is 242 g/mol. The Morgan fingerprint density at radius 3 is 2.22 bits per heavy atom. The van der Waals surface area contributed by atoms with E-state index in [0.717, 1.165) is 0 Å². The summed E-state index contributed by atoms with van der Waals surface area (Å²) in [5.74, 6) is 0.474. The number of rotatable bonds is 6. The molecule has 0 saturated carbocycles. The van der Waals surface area contributed by atoms with Crippen molar-refractivity contribution >= 4 is 5.69 Å². The monoisotopic (exact) mass is 257 g/mol. The number of aliphatic hydroxyl groups is 1. The third-order valence-electron chi connectivity index (χ3n) is 2.45. The van der Waals surface area contributed by atoms with Crippen LogP contribution >= 0.6 is 0 Å². The predicted molar refractivity (Wildman–Crippen MR) is 63.5 cm³/mol. The summed E-state index contributed by atoms with van der Waals surface area (Å²) in [5.41, 5.74) is 0.112. The molecule has 0 spiro atoms. The van der Waals surface area contributed by atoms with Gasteiger partial charge in [-0.05, 0) is 6.07 Å². The molecule has 0 atom stereocenters. The fourth-order valence-corrected chi connectivity index (χ4v) is 1.70. The Morgan fingerprint density at radius 1 is 1.22 bits per heavy atom. The number of benzene rings is 1. The van der Waals surface area contributed by atoms with Crippen LogP contribution in [0.25, 0.3) is 0 Å². The van der Waals surface area contributed by atoms with Gasteiger partial charge in [0.05, 0.1) is 26.3 Å². The van der Waals surface area contributed by atoms with E-state index in [4.69, 9.17) is 19.3 Å². The van der Waals surface area contributed by atoms with E-state index in [1.807, 2.05) is 0 Å². The Labute approximate surface area is 104 Å². The summed E-state index contributed by atoms with van der Waals surface area (Å²) in [4.78, 5) is 10.5. The van der Waals surface area contributed by atoms with Crippen molar-refractivity contribution in [2.24, 2.45) is 0 Å². The van der Waals surface area contributed by atoms with Crippen LogP contribution in [0.2, 0.25) is 0 Å². The minimum absolute atomic E-state index is 0.00898. The third kappa shape index (κ3) is 2.45. The molecule has 0 bridgehead atoms. The summed E-state index contributed by atoms with van der Waals surface area (Å²) in [6.45, 7) is -0.209. The maximum Gasteiger partial charge on any atom is 0.318 e. The quantitative estimate of drug-likeness (QED) is 0.607. The van der Waals surface area contributed by atoms with Gasteiger partial charge in [-0.2, -0.15) is 0 Å². The lowest BCUT2D eigenvalue weighted by molar-refractivity contribution is -0.386. The van der Waals surface area contributed by atoms with Crippen LogP contribution in [0.3, 0.4) is 0 Å². The van der Waals surface area contributed by atoms with Crippen molar-refractivity contribution in [3.8, 4) is 17.2 Å². The Balaban J connectivity index is 3.57. The Hall–Kier alpha value is -2.02. The molecule has 18 heavy (non-hydrogen) atoms. The number of nitrogens with zero attached hydrogens (tertiary/aromatic N) is 1. The summed E-state index contributed by atoms with van der Waals surface area (Å²) >= 11 is 0. The summed E-state index contributed by atoms with van der Waals surface area (Å²) < 4.78 is 15.2. The predicted octanol–water partition coefficient (Wildman–Crippen LogP) is 1.16. The van der Waals surface area contributed by atoms with E-state index in [2.05, 4.69) is 0 Å². The van der Waals surface area contributed by atoms with Crippen molar-refractivity contribution in [2.75, 3.05) is 27.9 Å². The van der Waals surface area contributed by atoms with Gasteiger partial charge < -0.3 is 19.3 Å². The molecule has 1 N–H and O–H groups in total. The van der Waals surface area contributed by atoms with E-state index in [1.165, 1.54) is 27.4 Å². The van der Waals surface area contributed by atoms with Gasteiger partial charge >= 0.3 is 5.69 Å².